The lowest BCUT2D eigenvalue weighted by molar-refractivity contribution is -0.120. The van der Waals surface area contributed by atoms with Gasteiger partial charge in [0.05, 0.1) is 27.9 Å². The molecule has 0 aliphatic rings. The highest BCUT2D eigenvalue weighted by Gasteiger charge is 2.05. The lowest BCUT2D eigenvalue weighted by Gasteiger charge is -2.10. The number of methoxy groups -OCH3 is 3. The Morgan fingerprint density at radius 3 is 2.23 bits per heavy atom. The fourth-order valence-corrected chi connectivity index (χ4v) is 2.48. The van der Waals surface area contributed by atoms with E-state index in [0.717, 1.165) is 23.3 Å². The zero-order chi connectivity index (χ0) is 18.8. The van der Waals surface area contributed by atoms with Crippen molar-refractivity contribution in [3.8, 4) is 17.2 Å². The Bertz CT molecular complexity index is 701. The van der Waals surface area contributed by atoms with Crippen LogP contribution < -0.4 is 24.8 Å². The van der Waals surface area contributed by atoms with E-state index in [1.165, 1.54) is 0 Å². The van der Waals surface area contributed by atoms with Gasteiger partial charge < -0.3 is 24.8 Å². The minimum Gasteiger partial charge on any atom is -0.497 e. The molecule has 2 N–H and O–H groups in total. The summed E-state index contributed by atoms with van der Waals surface area (Å²) < 4.78 is 15.6. The molecule has 0 unspecified atom stereocenters. The quantitative estimate of drug-likeness (QED) is 0.637. The Hall–Kier alpha value is -2.73. The molecule has 140 valence electrons. The summed E-state index contributed by atoms with van der Waals surface area (Å²) in [4.78, 5) is 11.9. The highest BCUT2D eigenvalue weighted by molar-refractivity contribution is 5.77. The van der Waals surface area contributed by atoms with Gasteiger partial charge in [-0.05, 0) is 48.4 Å². The van der Waals surface area contributed by atoms with E-state index in [1.54, 1.807) is 21.3 Å². The van der Waals surface area contributed by atoms with Crippen molar-refractivity contribution in [2.24, 2.45) is 0 Å². The van der Waals surface area contributed by atoms with E-state index in [0.29, 0.717) is 24.6 Å². The van der Waals surface area contributed by atoms with Crippen LogP contribution in [0.5, 0.6) is 17.2 Å². The molecular weight excluding hydrogens is 332 g/mol. The minimum atomic E-state index is -0.0341. The molecule has 2 aromatic rings. The molecule has 0 aromatic heterocycles. The average Bonchev–Trinajstić information content (AvgIpc) is 2.69. The van der Waals surface area contributed by atoms with Crippen LogP contribution in [0.25, 0.3) is 0 Å². The van der Waals surface area contributed by atoms with Gasteiger partial charge >= 0.3 is 0 Å². The zero-order valence-corrected chi connectivity index (χ0v) is 15.5. The number of benzene rings is 2. The molecule has 0 heterocycles. The maximum Gasteiger partial charge on any atom is 0.234 e. The molecule has 0 spiro atoms. The first-order valence-electron chi connectivity index (χ1n) is 8.47. The smallest absolute Gasteiger partial charge is 0.234 e. The van der Waals surface area contributed by atoms with Crippen LogP contribution >= 0.6 is 0 Å². The van der Waals surface area contributed by atoms with Crippen LogP contribution in [-0.4, -0.2) is 40.3 Å². The largest absolute Gasteiger partial charge is 0.497 e. The topological polar surface area (TPSA) is 68.8 Å². The lowest BCUT2D eigenvalue weighted by Crippen LogP contribution is -2.34. The van der Waals surface area contributed by atoms with Crippen LogP contribution in [0.4, 0.5) is 0 Å². The minimum absolute atomic E-state index is 0.0341. The van der Waals surface area contributed by atoms with Gasteiger partial charge in [0.1, 0.15) is 5.75 Å². The van der Waals surface area contributed by atoms with Crippen LogP contribution in [0.1, 0.15) is 11.1 Å². The van der Waals surface area contributed by atoms with Gasteiger partial charge in [0.15, 0.2) is 11.5 Å². The van der Waals surface area contributed by atoms with Gasteiger partial charge in [-0.3, -0.25) is 4.79 Å². The number of amides is 1. The second-order valence-electron chi connectivity index (χ2n) is 5.74. The first-order chi connectivity index (χ1) is 12.7. The molecule has 2 aromatic carbocycles. The fourth-order valence-electron chi connectivity index (χ4n) is 2.48. The summed E-state index contributed by atoms with van der Waals surface area (Å²) in [7, 11) is 4.86. The van der Waals surface area contributed by atoms with E-state index >= 15 is 0 Å². The Morgan fingerprint density at radius 2 is 1.58 bits per heavy atom. The number of carbonyl (C=O) groups is 1. The van der Waals surface area contributed by atoms with E-state index < -0.39 is 0 Å². The molecule has 6 nitrogen and oxygen atoms in total. The first-order valence-corrected chi connectivity index (χ1v) is 8.47. The van der Waals surface area contributed by atoms with E-state index in [4.69, 9.17) is 14.2 Å². The van der Waals surface area contributed by atoms with Gasteiger partial charge in [-0.2, -0.15) is 0 Å². The second-order valence-corrected chi connectivity index (χ2v) is 5.74. The maximum absolute atomic E-state index is 11.9. The molecule has 0 aliphatic heterocycles. The third-order valence-corrected chi connectivity index (χ3v) is 3.97. The third-order valence-electron chi connectivity index (χ3n) is 3.97. The highest BCUT2D eigenvalue weighted by atomic mass is 16.5. The Balaban J connectivity index is 1.68. The van der Waals surface area contributed by atoms with Crippen molar-refractivity contribution in [1.82, 2.24) is 10.6 Å². The predicted octanol–water partition coefficient (Wildman–Crippen LogP) is 2.16. The molecule has 0 atom stereocenters. The van der Waals surface area contributed by atoms with Crippen molar-refractivity contribution in [2.45, 2.75) is 13.0 Å². The van der Waals surface area contributed by atoms with Crippen molar-refractivity contribution in [1.29, 1.82) is 0 Å². The van der Waals surface area contributed by atoms with Gasteiger partial charge in [-0.1, -0.05) is 18.2 Å². The van der Waals surface area contributed by atoms with Crippen LogP contribution in [0.2, 0.25) is 0 Å². The number of rotatable bonds is 10. The highest BCUT2D eigenvalue weighted by Crippen LogP contribution is 2.27. The normalized spacial score (nSPS) is 10.3. The van der Waals surface area contributed by atoms with E-state index in [-0.39, 0.29) is 12.5 Å². The standard InChI is InChI=1S/C20H26N2O4/c1-24-17-7-4-16(5-8-17)13-22-20(23)14-21-11-10-15-6-9-18(25-2)19(12-15)26-3/h4-9,12,21H,10-11,13-14H2,1-3H3,(H,22,23). The molecule has 0 fully saturated rings. The van der Waals surface area contributed by atoms with E-state index in [1.807, 2.05) is 42.5 Å². The molecule has 0 radical (unpaired) electrons. The summed E-state index contributed by atoms with van der Waals surface area (Å²) >= 11 is 0. The van der Waals surface area contributed by atoms with Crippen LogP contribution in [0.3, 0.4) is 0 Å². The van der Waals surface area contributed by atoms with Crippen molar-refractivity contribution in [3.63, 3.8) is 0 Å². The summed E-state index contributed by atoms with van der Waals surface area (Å²) in [6.07, 6.45) is 0.798. The maximum atomic E-state index is 11.9. The summed E-state index contributed by atoms with van der Waals surface area (Å²) in [5, 5.41) is 6.04. The molecule has 0 saturated heterocycles. The molecular formula is C20H26N2O4. The molecule has 26 heavy (non-hydrogen) atoms. The van der Waals surface area contributed by atoms with Gasteiger partial charge in [0.2, 0.25) is 5.91 Å². The lowest BCUT2D eigenvalue weighted by atomic mass is 10.1. The Morgan fingerprint density at radius 1 is 0.885 bits per heavy atom. The number of nitrogens with one attached hydrogen (secondary N) is 2. The molecule has 0 saturated carbocycles. The Kier molecular flexibility index (Phi) is 7.76. The van der Waals surface area contributed by atoms with Crippen molar-refractivity contribution < 1.29 is 19.0 Å². The summed E-state index contributed by atoms with van der Waals surface area (Å²) in [5.74, 6) is 2.19. The number of carbonyl (C=O) groups excluding carboxylic acids is 1. The molecule has 1 amide bonds. The predicted molar refractivity (Wildman–Crippen MR) is 101 cm³/mol. The fraction of sp³-hybridized carbons (Fsp3) is 0.350. The summed E-state index contributed by atoms with van der Waals surface area (Å²) in [6, 6.07) is 13.5. The monoisotopic (exact) mass is 358 g/mol. The zero-order valence-electron chi connectivity index (χ0n) is 15.5. The average molecular weight is 358 g/mol. The number of hydrogen-bond acceptors (Lipinski definition) is 5. The second kappa shape index (κ2) is 10.3. The third kappa shape index (κ3) is 5.97. The number of ether oxygens (including phenoxy) is 3. The van der Waals surface area contributed by atoms with Gasteiger partial charge in [0.25, 0.3) is 0 Å². The van der Waals surface area contributed by atoms with Crippen LogP contribution in [-0.2, 0) is 17.8 Å². The van der Waals surface area contributed by atoms with Gasteiger partial charge in [-0.15, -0.1) is 0 Å². The van der Waals surface area contributed by atoms with Crippen molar-refractivity contribution in [3.05, 3.63) is 53.6 Å². The summed E-state index contributed by atoms with van der Waals surface area (Å²) in [5.41, 5.74) is 2.15. The SMILES string of the molecule is COc1ccc(CNC(=O)CNCCc2ccc(OC)c(OC)c2)cc1. The van der Waals surface area contributed by atoms with Crippen molar-refractivity contribution >= 4 is 5.91 Å². The Labute approximate surface area is 154 Å². The molecule has 2 rings (SSSR count). The van der Waals surface area contributed by atoms with Gasteiger partial charge in [-0.25, -0.2) is 0 Å². The number of hydrogen-bond donors (Lipinski definition) is 2. The van der Waals surface area contributed by atoms with Crippen LogP contribution in [0, 0.1) is 0 Å². The first kappa shape index (κ1) is 19.6. The van der Waals surface area contributed by atoms with Crippen LogP contribution in [0.15, 0.2) is 42.5 Å². The molecule has 0 bridgehead atoms. The van der Waals surface area contributed by atoms with Crippen molar-refractivity contribution in [2.75, 3.05) is 34.4 Å². The van der Waals surface area contributed by atoms with E-state index in [9.17, 15) is 4.79 Å². The van der Waals surface area contributed by atoms with E-state index in [2.05, 4.69) is 10.6 Å². The molecule has 6 heteroatoms. The van der Waals surface area contributed by atoms with Gasteiger partial charge in [0, 0.05) is 6.54 Å². The molecule has 0 aliphatic carbocycles. The summed E-state index contributed by atoms with van der Waals surface area (Å²) in [6.45, 7) is 1.48.